The van der Waals surface area contributed by atoms with E-state index in [1.165, 1.54) is 11.6 Å². The molecule has 2 aromatic rings. The van der Waals surface area contributed by atoms with E-state index in [-0.39, 0.29) is 16.7 Å². The molecule has 26 heavy (non-hydrogen) atoms. The number of carbonyl (C=O) groups excluding carboxylic acids is 1. The lowest BCUT2D eigenvalue weighted by atomic mass is 9.72. The van der Waals surface area contributed by atoms with Crippen LogP contribution in [-0.2, 0) is 16.8 Å². The van der Waals surface area contributed by atoms with Crippen molar-refractivity contribution in [1.82, 2.24) is 0 Å². The molecule has 2 nitrogen and oxygen atoms in total. The van der Waals surface area contributed by atoms with Gasteiger partial charge in [-0.3, -0.25) is 4.79 Å². The Balaban J connectivity index is 2.21. The Morgan fingerprint density at radius 1 is 0.962 bits per heavy atom. The molecule has 2 heteroatoms. The van der Waals surface area contributed by atoms with Crippen LogP contribution in [0.3, 0.4) is 0 Å². The van der Waals surface area contributed by atoms with Gasteiger partial charge in [-0.1, -0.05) is 83.7 Å². The monoisotopic (exact) mass is 349 g/mol. The molecule has 138 valence electrons. The second kappa shape index (κ2) is 7.90. The van der Waals surface area contributed by atoms with E-state index in [4.69, 9.17) is 0 Å². The number of benzene rings is 2. The lowest BCUT2D eigenvalue weighted by molar-refractivity contribution is -0.114. The largest absolute Gasteiger partial charge is 0.304 e. The molecule has 0 bridgehead atoms. The van der Waals surface area contributed by atoms with Crippen LogP contribution >= 0.6 is 0 Å². The van der Waals surface area contributed by atoms with Gasteiger partial charge < -0.3 is 4.90 Å². The molecule has 1 amide bonds. The van der Waals surface area contributed by atoms with Crippen molar-refractivity contribution in [2.45, 2.75) is 53.0 Å². The molecular weight excluding hydrogens is 318 g/mol. The zero-order valence-electron chi connectivity index (χ0n) is 16.8. The Bertz CT molecular complexity index is 736. The summed E-state index contributed by atoms with van der Waals surface area (Å²) in [5.41, 5.74) is 3.72. The Kier molecular flexibility index (Phi) is 6.07. The second-order valence-electron chi connectivity index (χ2n) is 8.78. The first-order chi connectivity index (χ1) is 12.1. The van der Waals surface area contributed by atoms with Gasteiger partial charge >= 0.3 is 0 Å². The molecule has 0 aliphatic rings. The minimum absolute atomic E-state index is 0.0895. The Morgan fingerprint density at radius 2 is 1.54 bits per heavy atom. The molecule has 0 N–H and O–H groups in total. The summed E-state index contributed by atoms with van der Waals surface area (Å²) < 4.78 is 0. The topological polar surface area (TPSA) is 20.3 Å². The van der Waals surface area contributed by atoms with Crippen LogP contribution in [0.4, 0.5) is 5.69 Å². The third kappa shape index (κ3) is 5.32. The molecule has 0 unspecified atom stereocenters. The van der Waals surface area contributed by atoms with Gasteiger partial charge in [0.15, 0.2) is 0 Å². The molecule has 0 saturated carbocycles. The van der Waals surface area contributed by atoms with Crippen molar-refractivity contribution in [2.24, 2.45) is 5.41 Å². The fourth-order valence-electron chi connectivity index (χ4n) is 3.69. The van der Waals surface area contributed by atoms with Gasteiger partial charge in [0.25, 0.3) is 5.91 Å². The summed E-state index contributed by atoms with van der Waals surface area (Å²) in [6, 6.07) is 18.4. The zero-order valence-corrected chi connectivity index (χ0v) is 16.8. The van der Waals surface area contributed by atoms with Crippen molar-refractivity contribution < 1.29 is 4.79 Å². The molecule has 2 aromatic carbocycles. The van der Waals surface area contributed by atoms with Gasteiger partial charge in [-0.2, -0.15) is 0 Å². The van der Waals surface area contributed by atoms with Crippen molar-refractivity contribution in [3.63, 3.8) is 0 Å². The first-order valence-electron chi connectivity index (χ1n) is 9.21. The van der Waals surface area contributed by atoms with Gasteiger partial charge in [0, 0.05) is 5.69 Å². The molecular formula is C24H31NO. The van der Waals surface area contributed by atoms with Crippen LogP contribution in [0.25, 0.3) is 0 Å². The van der Waals surface area contributed by atoms with Crippen molar-refractivity contribution in [3.05, 3.63) is 78.4 Å². The zero-order chi connectivity index (χ0) is 19.4. The molecule has 0 radical (unpaired) electrons. The van der Waals surface area contributed by atoms with E-state index in [9.17, 15) is 4.79 Å². The number of hydrogen-bond donors (Lipinski definition) is 0. The highest BCUT2D eigenvalue weighted by Gasteiger charge is 2.27. The smallest absolute Gasteiger partial charge is 0.250 e. The van der Waals surface area contributed by atoms with Gasteiger partial charge in [-0.15, -0.1) is 0 Å². The van der Waals surface area contributed by atoms with Crippen LogP contribution < -0.4 is 4.90 Å². The highest BCUT2D eigenvalue weighted by molar-refractivity contribution is 6.00. The fraction of sp³-hybridized carbons (Fsp3) is 0.375. The number of carbonyl (C=O) groups is 1. The SMILES string of the molecule is C=CC(=O)N(Cc1ccc(C(C)(C)CC(C)(C)C)cc1)c1ccccc1. The van der Waals surface area contributed by atoms with Crippen LogP contribution in [0.1, 0.15) is 52.2 Å². The first-order valence-corrected chi connectivity index (χ1v) is 9.21. The maximum absolute atomic E-state index is 12.3. The quantitative estimate of drug-likeness (QED) is 0.575. The molecule has 0 aliphatic carbocycles. The average Bonchev–Trinajstić information content (AvgIpc) is 2.58. The summed E-state index contributed by atoms with van der Waals surface area (Å²) in [5, 5.41) is 0. The molecule has 0 atom stereocenters. The standard InChI is InChI=1S/C24H31NO/c1-7-22(26)25(21-11-9-8-10-12-21)17-19-13-15-20(16-14-19)24(5,6)18-23(2,3)4/h7-16H,1,17-18H2,2-6H3. The lowest BCUT2D eigenvalue weighted by Crippen LogP contribution is -2.28. The Morgan fingerprint density at radius 3 is 2.04 bits per heavy atom. The first kappa shape index (κ1) is 20.0. The van der Waals surface area contributed by atoms with Gasteiger partial charge in [0.2, 0.25) is 0 Å². The second-order valence-corrected chi connectivity index (χ2v) is 8.78. The summed E-state index contributed by atoms with van der Waals surface area (Å²) in [6.07, 6.45) is 2.48. The van der Waals surface area contributed by atoms with Gasteiger partial charge in [0.05, 0.1) is 6.54 Å². The number of hydrogen-bond acceptors (Lipinski definition) is 1. The van der Waals surface area contributed by atoms with Gasteiger partial charge in [0.1, 0.15) is 0 Å². The van der Waals surface area contributed by atoms with E-state index in [0.717, 1.165) is 17.7 Å². The van der Waals surface area contributed by atoms with Crippen LogP contribution in [0, 0.1) is 5.41 Å². The number of nitrogens with zero attached hydrogens (tertiary/aromatic N) is 1. The van der Waals surface area contributed by atoms with Crippen molar-refractivity contribution in [2.75, 3.05) is 4.90 Å². The Labute approximate surface area is 158 Å². The normalized spacial score (nSPS) is 11.9. The highest BCUT2D eigenvalue weighted by atomic mass is 16.2. The van der Waals surface area contributed by atoms with Crippen LogP contribution in [0.2, 0.25) is 0 Å². The molecule has 0 aromatic heterocycles. The van der Waals surface area contributed by atoms with E-state index in [0.29, 0.717) is 6.54 Å². The third-order valence-electron chi connectivity index (χ3n) is 4.56. The number of rotatable bonds is 6. The highest BCUT2D eigenvalue weighted by Crippen LogP contribution is 2.36. The van der Waals surface area contributed by atoms with E-state index in [2.05, 4.69) is 65.5 Å². The molecule has 2 rings (SSSR count). The average molecular weight is 350 g/mol. The number of anilines is 1. The van der Waals surface area contributed by atoms with E-state index >= 15 is 0 Å². The molecule has 0 spiro atoms. The lowest BCUT2D eigenvalue weighted by Gasteiger charge is -2.33. The summed E-state index contributed by atoms with van der Waals surface area (Å²) in [5.74, 6) is -0.0895. The number of amides is 1. The van der Waals surface area contributed by atoms with E-state index < -0.39 is 0 Å². The minimum atomic E-state index is -0.0895. The fourth-order valence-corrected chi connectivity index (χ4v) is 3.69. The molecule has 0 fully saturated rings. The maximum Gasteiger partial charge on any atom is 0.250 e. The molecule has 0 heterocycles. The van der Waals surface area contributed by atoms with Gasteiger partial charge in [-0.05, 0) is 46.6 Å². The minimum Gasteiger partial charge on any atom is -0.304 e. The maximum atomic E-state index is 12.3. The molecule has 0 saturated heterocycles. The van der Waals surface area contributed by atoms with E-state index in [1.54, 1.807) is 4.90 Å². The van der Waals surface area contributed by atoms with Crippen LogP contribution in [-0.4, -0.2) is 5.91 Å². The van der Waals surface area contributed by atoms with Gasteiger partial charge in [-0.25, -0.2) is 0 Å². The summed E-state index contributed by atoms with van der Waals surface area (Å²) >= 11 is 0. The summed E-state index contributed by atoms with van der Waals surface area (Å²) in [6.45, 7) is 15.6. The molecule has 0 aliphatic heterocycles. The van der Waals surface area contributed by atoms with Crippen molar-refractivity contribution in [3.8, 4) is 0 Å². The Hall–Kier alpha value is -2.35. The van der Waals surface area contributed by atoms with E-state index in [1.807, 2.05) is 30.3 Å². The summed E-state index contributed by atoms with van der Waals surface area (Å²) in [4.78, 5) is 14.1. The number of para-hydroxylation sites is 1. The van der Waals surface area contributed by atoms with Crippen LogP contribution in [0.15, 0.2) is 67.3 Å². The van der Waals surface area contributed by atoms with Crippen LogP contribution in [0.5, 0.6) is 0 Å². The van der Waals surface area contributed by atoms with Crippen molar-refractivity contribution >= 4 is 11.6 Å². The predicted molar refractivity (Wildman–Crippen MR) is 111 cm³/mol. The van der Waals surface area contributed by atoms with Crippen molar-refractivity contribution in [1.29, 1.82) is 0 Å². The summed E-state index contributed by atoms with van der Waals surface area (Å²) in [7, 11) is 0. The third-order valence-corrected chi connectivity index (χ3v) is 4.56. The predicted octanol–water partition coefficient (Wildman–Crippen LogP) is 6.12.